The Morgan fingerprint density at radius 2 is 1.92 bits per heavy atom. The second-order valence-corrected chi connectivity index (χ2v) is 8.05. The summed E-state index contributed by atoms with van der Waals surface area (Å²) in [4.78, 5) is 15.5. The standard InChI is InChI=1S/C20H25N5S/c1-2-4-7-15(8-5-3-1)25-19-18-11-17(26-20(18)24-14-23-19)13-22-16-9-6-10-21-12-16/h6,9-12,14-15,22H,1-5,7-8,13H2,(H,23,24,25). The van der Waals surface area contributed by atoms with E-state index in [4.69, 9.17) is 0 Å². The van der Waals surface area contributed by atoms with Crippen LogP contribution in [0.5, 0.6) is 0 Å². The first-order valence-corrected chi connectivity index (χ1v) is 10.3. The second kappa shape index (κ2) is 8.45. The minimum absolute atomic E-state index is 0.533. The van der Waals surface area contributed by atoms with E-state index in [-0.39, 0.29) is 0 Å². The number of pyridine rings is 1. The van der Waals surface area contributed by atoms with Gasteiger partial charge in [-0.05, 0) is 31.0 Å². The largest absolute Gasteiger partial charge is 0.379 e. The Morgan fingerprint density at radius 1 is 1.08 bits per heavy atom. The zero-order valence-electron chi connectivity index (χ0n) is 14.9. The molecule has 0 saturated heterocycles. The third kappa shape index (κ3) is 4.30. The highest BCUT2D eigenvalue weighted by Crippen LogP contribution is 2.30. The normalized spacial score (nSPS) is 16.2. The second-order valence-electron chi connectivity index (χ2n) is 6.94. The summed E-state index contributed by atoms with van der Waals surface area (Å²) >= 11 is 1.73. The average molecular weight is 368 g/mol. The van der Waals surface area contributed by atoms with Crippen molar-refractivity contribution in [2.75, 3.05) is 10.6 Å². The summed E-state index contributed by atoms with van der Waals surface area (Å²) in [5.74, 6) is 0.990. The Bertz CT molecular complexity index is 825. The molecule has 0 aromatic carbocycles. The van der Waals surface area contributed by atoms with Gasteiger partial charge in [-0.25, -0.2) is 9.97 Å². The van der Waals surface area contributed by atoms with Crippen LogP contribution in [0.3, 0.4) is 0 Å². The van der Waals surface area contributed by atoms with Crippen LogP contribution in [-0.2, 0) is 6.54 Å². The highest BCUT2D eigenvalue weighted by Gasteiger charge is 2.15. The fourth-order valence-corrected chi connectivity index (χ4v) is 4.49. The molecular formula is C20H25N5S. The molecule has 1 saturated carbocycles. The lowest BCUT2D eigenvalue weighted by molar-refractivity contribution is 0.471. The smallest absolute Gasteiger partial charge is 0.138 e. The van der Waals surface area contributed by atoms with E-state index < -0.39 is 0 Å². The number of thiophene rings is 1. The molecule has 0 amide bonds. The first-order chi connectivity index (χ1) is 12.9. The molecule has 3 aromatic rings. The first kappa shape index (κ1) is 17.2. The number of fused-ring (bicyclic) bond motifs is 1. The Labute approximate surface area is 158 Å². The number of hydrogen-bond donors (Lipinski definition) is 2. The molecular weight excluding hydrogens is 342 g/mol. The fraction of sp³-hybridized carbons (Fsp3) is 0.450. The number of nitrogens with zero attached hydrogens (tertiary/aromatic N) is 3. The van der Waals surface area contributed by atoms with Gasteiger partial charge in [-0.15, -0.1) is 11.3 Å². The van der Waals surface area contributed by atoms with Gasteiger partial charge in [0.05, 0.1) is 11.1 Å². The summed E-state index contributed by atoms with van der Waals surface area (Å²) in [7, 11) is 0. The van der Waals surface area contributed by atoms with Gasteiger partial charge >= 0.3 is 0 Å². The number of rotatable bonds is 5. The van der Waals surface area contributed by atoms with Crippen molar-refractivity contribution < 1.29 is 0 Å². The molecule has 4 rings (SSSR count). The minimum Gasteiger partial charge on any atom is -0.379 e. The molecule has 0 radical (unpaired) electrons. The Kier molecular flexibility index (Phi) is 5.59. The maximum absolute atomic E-state index is 4.54. The van der Waals surface area contributed by atoms with E-state index in [1.165, 1.54) is 49.8 Å². The van der Waals surface area contributed by atoms with Gasteiger partial charge in [0.1, 0.15) is 17.0 Å². The van der Waals surface area contributed by atoms with Crippen LogP contribution in [0.15, 0.2) is 36.9 Å². The molecule has 3 aromatic heterocycles. The van der Waals surface area contributed by atoms with E-state index in [0.29, 0.717) is 6.04 Å². The molecule has 0 atom stereocenters. The van der Waals surface area contributed by atoms with E-state index in [2.05, 4.69) is 31.7 Å². The zero-order valence-corrected chi connectivity index (χ0v) is 15.8. The molecule has 26 heavy (non-hydrogen) atoms. The van der Waals surface area contributed by atoms with Crippen molar-refractivity contribution in [3.05, 3.63) is 41.8 Å². The van der Waals surface area contributed by atoms with Crippen LogP contribution in [0.25, 0.3) is 10.2 Å². The molecule has 0 unspecified atom stereocenters. The predicted molar refractivity (Wildman–Crippen MR) is 109 cm³/mol. The maximum Gasteiger partial charge on any atom is 0.138 e. The third-order valence-electron chi connectivity index (χ3n) is 4.95. The molecule has 3 heterocycles. The fourth-order valence-electron chi connectivity index (χ4n) is 3.56. The zero-order chi connectivity index (χ0) is 17.6. The molecule has 5 nitrogen and oxygen atoms in total. The van der Waals surface area contributed by atoms with E-state index >= 15 is 0 Å². The Hall–Kier alpha value is -2.21. The van der Waals surface area contributed by atoms with Crippen molar-refractivity contribution in [3.8, 4) is 0 Å². The quantitative estimate of drug-likeness (QED) is 0.647. The van der Waals surface area contributed by atoms with Crippen molar-refractivity contribution in [2.45, 2.75) is 57.5 Å². The van der Waals surface area contributed by atoms with Gasteiger partial charge in [0, 0.05) is 29.9 Å². The summed E-state index contributed by atoms with van der Waals surface area (Å²) < 4.78 is 0. The van der Waals surface area contributed by atoms with E-state index in [1.54, 1.807) is 23.9 Å². The highest BCUT2D eigenvalue weighted by molar-refractivity contribution is 7.18. The number of aromatic nitrogens is 3. The molecule has 2 N–H and O–H groups in total. The van der Waals surface area contributed by atoms with Crippen LogP contribution in [0.4, 0.5) is 11.5 Å². The van der Waals surface area contributed by atoms with E-state index in [1.807, 2.05) is 18.3 Å². The first-order valence-electron chi connectivity index (χ1n) is 9.52. The maximum atomic E-state index is 4.54. The molecule has 136 valence electrons. The van der Waals surface area contributed by atoms with E-state index in [9.17, 15) is 0 Å². The van der Waals surface area contributed by atoms with Gasteiger partial charge in [-0.1, -0.05) is 32.1 Å². The SMILES string of the molecule is c1cncc(NCc2cc3c(NC4CCCCCCC4)ncnc3s2)c1. The lowest BCUT2D eigenvalue weighted by Crippen LogP contribution is -2.21. The molecule has 6 heteroatoms. The van der Waals surface area contributed by atoms with Crippen LogP contribution in [-0.4, -0.2) is 21.0 Å². The predicted octanol–water partition coefficient (Wildman–Crippen LogP) is 5.22. The van der Waals surface area contributed by atoms with Gasteiger partial charge in [0.15, 0.2) is 0 Å². The lowest BCUT2D eigenvalue weighted by atomic mass is 9.97. The molecule has 0 spiro atoms. The van der Waals surface area contributed by atoms with Crippen LogP contribution in [0, 0.1) is 0 Å². The van der Waals surface area contributed by atoms with Crippen LogP contribution in [0.2, 0.25) is 0 Å². The van der Waals surface area contributed by atoms with Crippen molar-refractivity contribution in [2.24, 2.45) is 0 Å². The average Bonchev–Trinajstić information content (AvgIpc) is 3.07. The minimum atomic E-state index is 0.533. The summed E-state index contributed by atoms with van der Waals surface area (Å²) in [5.41, 5.74) is 1.03. The molecule has 0 bridgehead atoms. The van der Waals surface area contributed by atoms with Gasteiger partial charge < -0.3 is 10.6 Å². The number of anilines is 2. The number of hydrogen-bond acceptors (Lipinski definition) is 6. The van der Waals surface area contributed by atoms with Crippen molar-refractivity contribution >= 4 is 33.1 Å². The Morgan fingerprint density at radius 3 is 2.73 bits per heavy atom. The highest BCUT2D eigenvalue weighted by atomic mass is 32.1. The summed E-state index contributed by atoms with van der Waals surface area (Å²) in [5, 5.41) is 8.26. The van der Waals surface area contributed by atoms with Crippen LogP contribution in [0.1, 0.15) is 49.8 Å². The van der Waals surface area contributed by atoms with E-state index in [0.717, 1.165) is 28.3 Å². The van der Waals surface area contributed by atoms with Gasteiger partial charge in [0.25, 0.3) is 0 Å². The summed E-state index contributed by atoms with van der Waals surface area (Å²) in [6.45, 7) is 0.773. The molecule has 1 aliphatic rings. The topological polar surface area (TPSA) is 62.7 Å². The molecule has 0 aliphatic heterocycles. The van der Waals surface area contributed by atoms with Crippen molar-refractivity contribution in [1.82, 2.24) is 15.0 Å². The van der Waals surface area contributed by atoms with Gasteiger partial charge in [0.2, 0.25) is 0 Å². The summed E-state index contributed by atoms with van der Waals surface area (Å²) in [6.07, 6.45) is 14.5. The summed E-state index contributed by atoms with van der Waals surface area (Å²) in [6, 6.07) is 6.72. The van der Waals surface area contributed by atoms with Crippen molar-refractivity contribution in [1.29, 1.82) is 0 Å². The Balaban J connectivity index is 1.48. The lowest BCUT2D eigenvalue weighted by Gasteiger charge is -2.21. The molecule has 1 aliphatic carbocycles. The monoisotopic (exact) mass is 367 g/mol. The molecule has 1 fully saturated rings. The third-order valence-corrected chi connectivity index (χ3v) is 6.00. The van der Waals surface area contributed by atoms with Crippen LogP contribution >= 0.6 is 11.3 Å². The van der Waals surface area contributed by atoms with Gasteiger partial charge in [-0.2, -0.15) is 0 Å². The number of nitrogens with one attached hydrogen (secondary N) is 2. The van der Waals surface area contributed by atoms with Gasteiger partial charge in [-0.3, -0.25) is 4.98 Å². The van der Waals surface area contributed by atoms with Crippen molar-refractivity contribution in [3.63, 3.8) is 0 Å². The van der Waals surface area contributed by atoms with Crippen LogP contribution < -0.4 is 10.6 Å².